The van der Waals surface area contributed by atoms with Crippen molar-refractivity contribution in [3.63, 3.8) is 0 Å². The number of methoxy groups -OCH3 is 2. The molecule has 2 unspecified atom stereocenters. The molecular formula is C31H43N3O2. The lowest BCUT2D eigenvalue weighted by Gasteiger charge is -2.50. The molecule has 0 spiro atoms. The first kappa shape index (κ1) is 25.2. The molecule has 2 fully saturated rings. The minimum atomic E-state index is 0.276. The van der Waals surface area contributed by atoms with Crippen LogP contribution in [0.4, 0.5) is 0 Å². The maximum absolute atomic E-state index is 5.55. The minimum Gasteiger partial charge on any atom is -0.493 e. The Balaban J connectivity index is 1.43. The summed E-state index contributed by atoms with van der Waals surface area (Å²) in [5, 5.41) is 4.87. The van der Waals surface area contributed by atoms with Crippen LogP contribution in [0.5, 0.6) is 11.5 Å². The molecule has 5 rings (SSSR count). The summed E-state index contributed by atoms with van der Waals surface area (Å²) in [5.74, 6) is 2.11. The normalized spacial score (nSPS) is 22.2. The van der Waals surface area contributed by atoms with Gasteiger partial charge in [-0.3, -0.25) is 4.90 Å². The lowest BCUT2D eigenvalue weighted by Crippen LogP contribution is -2.55. The number of piperidine rings is 2. The number of fused-ring (bicyclic) bond motifs is 1. The Morgan fingerprint density at radius 1 is 0.917 bits per heavy atom. The maximum atomic E-state index is 5.55. The number of nitrogens with zero attached hydrogens (tertiary/aromatic N) is 1. The van der Waals surface area contributed by atoms with Crippen molar-refractivity contribution in [2.75, 3.05) is 33.9 Å². The van der Waals surface area contributed by atoms with Gasteiger partial charge in [0, 0.05) is 34.2 Å². The second-order valence-electron chi connectivity index (χ2n) is 11.8. The van der Waals surface area contributed by atoms with Crippen LogP contribution in [0.15, 0.2) is 36.4 Å². The number of hydrogen-bond acceptors (Lipinski definition) is 4. The van der Waals surface area contributed by atoms with Crippen molar-refractivity contribution in [3.8, 4) is 22.8 Å². The third-order valence-corrected chi connectivity index (χ3v) is 8.65. The van der Waals surface area contributed by atoms with Crippen LogP contribution in [-0.4, -0.2) is 55.8 Å². The average Bonchev–Trinajstić information content (AvgIpc) is 3.23. The third kappa shape index (κ3) is 4.76. The molecule has 2 saturated heterocycles. The second-order valence-corrected chi connectivity index (χ2v) is 11.8. The Morgan fingerprint density at radius 3 is 2.36 bits per heavy atom. The summed E-state index contributed by atoms with van der Waals surface area (Å²) in [6.45, 7) is 13.1. The van der Waals surface area contributed by atoms with Crippen molar-refractivity contribution in [2.24, 2.45) is 5.41 Å². The van der Waals surface area contributed by atoms with Crippen LogP contribution in [0, 0.1) is 12.3 Å². The smallest absolute Gasteiger partial charge is 0.161 e. The molecule has 2 atom stereocenters. The molecule has 194 valence electrons. The van der Waals surface area contributed by atoms with Crippen LogP contribution in [0.1, 0.15) is 63.5 Å². The molecule has 2 aliphatic heterocycles. The fourth-order valence-corrected chi connectivity index (χ4v) is 6.59. The number of benzene rings is 2. The van der Waals surface area contributed by atoms with E-state index in [-0.39, 0.29) is 5.41 Å². The molecule has 0 radical (unpaired) electrons. The molecule has 2 aliphatic rings. The first-order chi connectivity index (χ1) is 17.3. The number of hydrogen-bond donors (Lipinski definition) is 2. The molecule has 3 aromatic rings. The lowest BCUT2D eigenvalue weighted by molar-refractivity contribution is 0.00918. The van der Waals surface area contributed by atoms with Crippen molar-refractivity contribution < 1.29 is 9.47 Å². The molecule has 2 aromatic carbocycles. The van der Waals surface area contributed by atoms with Crippen LogP contribution < -0.4 is 14.8 Å². The monoisotopic (exact) mass is 489 g/mol. The predicted molar refractivity (Wildman–Crippen MR) is 149 cm³/mol. The van der Waals surface area contributed by atoms with E-state index in [1.165, 1.54) is 54.3 Å². The first-order valence-electron chi connectivity index (χ1n) is 13.6. The molecule has 0 bridgehead atoms. The van der Waals surface area contributed by atoms with Crippen molar-refractivity contribution in [3.05, 3.63) is 47.5 Å². The minimum absolute atomic E-state index is 0.276. The summed E-state index contributed by atoms with van der Waals surface area (Å²) in [6.07, 6.45) is 5.05. The molecular weight excluding hydrogens is 446 g/mol. The Bertz CT molecular complexity index is 1200. The number of H-pyrrole nitrogens is 1. The van der Waals surface area contributed by atoms with Crippen molar-refractivity contribution in [1.29, 1.82) is 0 Å². The van der Waals surface area contributed by atoms with Crippen molar-refractivity contribution in [2.45, 2.75) is 71.4 Å². The molecule has 36 heavy (non-hydrogen) atoms. The molecule has 3 heterocycles. The molecule has 5 heteroatoms. The van der Waals surface area contributed by atoms with Crippen molar-refractivity contribution in [1.82, 2.24) is 15.2 Å². The highest BCUT2D eigenvalue weighted by molar-refractivity contribution is 5.91. The number of likely N-dealkylation sites (tertiary alicyclic amines) is 1. The van der Waals surface area contributed by atoms with Gasteiger partial charge in [-0.2, -0.15) is 0 Å². The number of aryl methyl sites for hydroxylation is 1. The molecule has 2 N–H and O–H groups in total. The van der Waals surface area contributed by atoms with E-state index in [0.29, 0.717) is 12.0 Å². The summed E-state index contributed by atoms with van der Waals surface area (Å²) < 4.78 is 11.0. The zero-order valence-corrected chi connectivity index (χ0v) is 22.9. The van der Waals surface area contributed by atoms with E-state index >= 15 is 0 Å². The highest BCUT2D eigenvalue weighted by Crippen LogP contribution is 2.42. The van der Waals surface area contributed by atoms with Gasteiger partial charge in [-0.1, -0.05) is 26.8 Å². The van der Waals surface area contributed by atoms with E-state index in [1.807, 2.05) is 6.07 Å². The number of aromatic amines is 1. The largest absolute Gasteiger partial charge is 0.493 e. The molecule has 0 aliphatic carbocycles. The predicted octanol–water partition coefficient (Wildman–Crippen LogP) is 6.51. The molecule has 0 saturated carbocycles. The van der Waals surface area contributed by atoms with Crippen LogP contribution in [0.2, 0.25) is 0 Å². The number of rotatable bonds is 5. The van der Waals surface area contributed by atoms with E-state index in [9.17, 15) is 0 Å². The summed E-state index contributed by atoms with van der Waals surface area (Å²) in [7, 11) is 3.36. The van der Waals surface area contributed by atoms with Gasteiger partial charge in [-0.25, -0.2) is 0 Å². The Kier molecular flexibility index (Phi) is 7.06. The molecule has 5 nitrogen and oxygen atoms in total. The van der Waals surface area contributed by atoms with Crippen LogP contribution in [0.3, 0.4) is 0 Å². The van der Waals surface area contributed by atoms with Gasteiger partial charge in [0.15, 0.2) is 11.5 Å². The van der Waals surface area contributed by atoms with Gasteiger partial charge < -0.3 is 19.8 Å². The van der Waals surface area contributed by atoms with Gasteiger partial charge in [0.2, 0.25) is 0 Å². The van der Waals surface area contributed by atoms with E-state index in [2.05, 4.69) is 73.2 Å². The fraction of sp³-hybridized carbons (Fsp3) is 0.548. The van der Waals surface area contributed by atoms with Gasteiger partial charge in [-0.05, 0) is 105 Å². The fourth-order valence-electron chi connectivity index (χ4n) is 6.59. The second kappa shape index (κ2) is 10.1. The summed E-state index contributed by atoms with van der Waals surface area (Å²) in [4.78, 5) is 6.54. The summed E-state index contributed by atoms with van der Waals surface area (Å²) in [5.41, 5.74) is 6.52. The van der Waals surface area contributed by atoms with Gasteiger partial charge in [0.05, 0.1) is 14.2 Å². The highest BCUT2D eigenvalue weighted by Gasteiger charge is 2.39. The van der Waals surface area contributed by atoms with Crippen LogP contribution in [0.25, 0.3) is 22.2 Å². The zero-order valence-electron chi connectivity index (χ0n) is 22.9. The van der Waals surface area contributed by atoms with Crippen LogP contribution in [-0.2, 0) is 0 Å². The highest BCUT2D eigenvalue weighted by atomic mass is 16.5. The summed E-state index contributed by atoms with van der Waals surface area (Å²) in [6, 6.07) is 14.6. The van der Waals surface area contributed by atoms with E-state index < -0.39 is 0 Å². The van der Waals surface area contributed by atoms with Gasteiger partial charge in [-0.15, -0.1) is 0 Å². The van der Waals surface area contributed by atoms with Gasteiger partial charge in [0.1, 0.15) is 0 Å². The first-order valence-corrected chi connectivity index (χ1v) is 13.6. The van der Waals surface area contributed by atoms with Crippen molar-refractivity contribution >= 4 is 10.9 Å². The Labute approximate surface area is 216 Å². The van der Waals surface area contributed by atoms with E-state index in [4.69, 9.17) is 9.47 Å². The maximum Gasteiger partial charge on any atom is 0.161 e. The van der Waals surface area contributed by atoms with E-state index in [1.54, 1.807) is 14.2 Å². The Hall–Kier alpha value is -2.50. The lowest BCUT2D eigenvalue weighted by atomic mass is 9.74. The van der Waals surface area contributed by atoms with Gasteiger partial charge in [0.25, 0.3) is 0 Å². The standard InChI is InChI=1S/C31H43N3O2/c1-20-25-17-21(7-9-26(25)33-30(20)23-8-10-27(35-5)28(18-23)36-6)22-13-16-34(24-11-14-32-15-12-24)29(19-22)31(2,3)4/h7-10,17-18,22,24,29,32-33H,11-16,19H2,1-6H3. The Morgan fingerprint density at radius 2 is 1.67 bits per heavy atom. The number of ether oxygens (including phenoxy) is 2. The quantitative estimate of drug-likeness (QED) is 0.429. The van der Waals surface area contributed by atoms with Gasteiger partial charge >= 0.3 is 0 Å². The van der Waals surface area contributed by atoms with Crippen LogP contribution >= 0.6 is 0 Å². The molecule has 1 aromatic heterocycles. The topological polar surface area (TPSA) is 49.5 Å². The number of aromatic nitrogens is 1. The molecule has 0 amide bonds. The number of nitrogens with one attached hydrogen (secondary N) is 2. The zero-order chi connectivity index (χ0) is 25.4. The summed E-state index contributed by atoms with van der Waals surface area (Å²) >= 11 is 0. The SMILES string of the molecule is COc1ccc(-c2[nH]c3ccc(C4CCN(C5CCNCC5)C(C(C)(C)C)C4)cc3c2C)cc1OC. The van der Waals surface area contributed by atoms with E-state index in [0.717, 1.165) is 41.9 Å². The third-order valence-electron chi connectivity index (χ3n) is 8.65. The average molecular weight is 490 g/mol.